The van der Waals surface area contributed by atoms with E-state index in [2.05, 4.69) is 10.3 Å². The fourth-order valence-electron chi connectivity index (χ4n) is 3.93. The summed E-state index contributed by atoms with van der Waals surface area (Å²) in [4.78, 5) is 16.3. The lowest BCUT2D eigenvalue weighted by molar-refractivity contribution is -0.00948. The first-order valence-corrected chi connectivity index (χ1v) is 10.5. The molecule has 3 N–H and O–H groups in total. The molecule has 0 spiro atoms. The van der Waals surface area contributed by atoms with Crippen LogP contribution in [0.3, 0.4) is 0 Å². The van der Waals surface area contributed by atoms with Crippen molar-refractivity contribution in [2.24, 2.45) is 10.7 Å². The molecule has 12 heteroatoms. The second kappa shape index (κ2) is 10.4. The molecule has 2 unspecified atom stereocenters. The van der Waals surface area contributed by atoms with Crippen LogP contribution in [-0.4, -0.2) is 74.1 Å². The van der Waals surface area contributed by atoms with E-state index in [1.165, 1.54) is 11.9 Å². The topological polar surface area (TPSA) is 98.4 Å². The van der Waals surface area contributed by atoms with E-state index in [0.717, 1.165) is 6.08 Å². The van der Waals surface area contributed by atoms with E-state index in [1.54, 1.807) is 6.92 Å². The van der Waals surface area contributed by atoms with Crippen molar-refractivity contribution in [3.05, 3.63) is 23.4 Å². The maximum absolute atomic E-state index is 14.8. The lowest BCUT2D eigenvalue weighted by atomic mass is 9.95. The van der Waals surface area contributed by atoms with Gasteiger partial charge in [-0.25, -0.2) is 22.4 Å². The smallest absolute Gasteiger partial charge is 0.312 e. The third-order valence-electron chi connectivity index (χ3n) is 5.52. The standard InChI is InChI=1S/C20H28F4N4O4/c1-10(26-19(25)29)8-30-11-3-5-12(6-4-11)32-20-27-17-13(21)7-14(31-9-15(22)23)16(24)18(17)28(20)2/h7,10-12,15-16,18H,3-6,8-9H2,1-2H3,(H3,25,26,29)/t10-,11?,12?,16?,18?/m0/s1. The van der Waals surface area contributed by atoms with Gasteiger partial charge in [0.2, 0.25) is 0 Å². The number of hydrogen-bond acceptors (Lipinski definition) is 6. The molecule has 0 aromatic heterocycles. The number of aliphatic imine (C=N–C) groups is 1. The molecule has 0 saturated heterocycles. The Labute approximate surface area is 183 Å². The van der Waals surface area contributed by atoms with Crippen molar-refractivity contribution in [3.63, 3.8) is 0 Å². The Morgan fingerprint density at radius 2 is 1.94 bits per heavy atom. The number of ether oxygens (including phenoxy) is 3. The lowest BCUT2D eigenvalue weighted by Crippen LogP contribution is -2.44. The third kappa shape index (κ3) is 5.84. The molecule has 1 fully saturated rings. The van der Waals surface area contributed by atoms with E-state index in [4.69, 9.17) is 19.9 Å². The number of halogens is 4. The van der Waals surface area contributed by atoms with Crippen LogP contribution in [0.4, 0.5) is 22.4 Å². The van der Waals surface area contributed by atoms with Crippen molar-refractivity contribution in [1.29, 1.82) is 0 Å². The highest BCUT2D eigenvalue weighted by atomic mass is 19.3. The Bertz CT molecular complexity index is 784. The number of rotatable bonds is 8. The number of primary amides is 1. The van der Waals surface area contributed by atoms with Crippen molar-refractivity contribution in [1.82, 2.24) is 10.2 Å². The number of alkyl halides is 3. The van der Waals surface area contributed by atoms with E-state index in [1.807, 2.05) is 0 Å². The number of nitrogens with two attached hydrogens (primary N) is 1. The maximum Gasteiger partial charge on any atom is 0.312 e. The Balaban J connectivity index is 1.52. The molecule has 1 heterocycles. The first kappa shape index (κ1) is 24.1. The number of fused-ring (bicyclic) bond motifs is 1. The molecule has 1 aliphatic heterocycles. The summed E-state index contributed by atoms with van der Waals surface area (Å²) in [5.74, 6) is -1.33. The minimum absolute atomic E-state index is 0.00641. The molecule has 32 heavy (non-hydrogen) atoms. The quantitative estimate of drug-likeness (QED) is 0.539. The molecule has 0 radical (unpaired) electrons. The molecule has 3 atom stereocenters. The van der Waals surface area contributed by atoms with Gasteiger partial charge in [0.15, 0.2) is 12.0 Å². The van der Waals surface area contributed by atoms with Gasteiger partial charge in [0.1, 0.15) is 30.2 Å². The van der Waals surface area contributed by atoms with Gasteiger partial charge in [-0.1, -0.05) is 0 Å². The summed E-state index contributed by atoms with van der Waals surface area (Å²) in [5.41, 5.74) is 4.93. The fraction of sp³-hybridized carbons (Fsp3) is 0.700. The van der Waals surface area contributed by atoms with Gasteiger partial charge < -0.3 is 30.2 Å². The zero-order valence-corrected chi connectivity index (χ0v) is 17.9. The van der Waals surface area contributed by atoms with Gasteiger partial charge in [0.25, 0.3) is 12.4 Å². The van der Waals surface area contributed by atoms with Crippen LogP contribution < -0.4 is 11.1 Å². The summed E-state index contributed by atoms with van der Waals surface area (Å²) in [6.07, 6.45) is -1.35. The van der Waals surface area contributed by atoms with Crippen LogP contribution >= 0.6 is 0 Å². The molecule has 0 bridgehead atoms. The molecular weight excluding hydrogens is 436 g/mol. The van der Waals surface area contributed by atoms with E-state index < -0.39 is 42.9 Å². The lowest BCUT2D eigenvalue weighted by Gasteiger charge is -2.32. The Morgan fingerprint density at radius 1 is 1.28 bits per heavy atom. The number of nitrogens with one attached hydrogen (secondary N) is 1. The van der Waals surface area contributed by atoms with Crippen LogP contribution in [0.5, 0.6) is 0 Å². The number of likely N-dealkylation sites (N-methyl/N-ethyl adjacent to an activating group) is 1. The van der Waals surface area contributed by atoms with Crippen molar-refractivity contribution in [2.45, 2.75) is 69.5 Å². The highest BCUT2D eigenvalue weighted by Gasteiger charge is 2.45. The zero-order valence-electron chi connectivity index (χ0n) is 17.9. The minimum atomic E-state index is -2.80. The third-order valence-corrected chi connectivity index (χ3v) is 5.52. The average Bonchev–Trinajstić information content (AvgIpc) is 3.05. The van der Waals surface area contributed by atoms with Crippen molar-refractivity contribution in [3.8, 4) is 0 Å². The molecule has 0 aromatic carbocycles. The van der Waals surface area contributed by atoms with Crippen LogP contribution in [-0.2, 0) is 14.2 Å². The average molecular weight is 464 g/mol. The number of amides is 2. The molecular formula is C20H28F4N4O4. The Morgan fingerprint density at radius 3 is 2.56 bits per heavy atom. The number of carbonyl (C=O) groups excluding carboxylic acids is 1. The second-order valence-corrected chi connectivity index (χ2v) is 8.09. The van der Waals surface area contributed by atoms with Gasteiger partial charge >= 0.3 is 6.03 Å². The molecule has 0 aromatic rings. The summed E-state index contributed by atoms with van der Waals surface area (Å²) in [6.45, 7) is 1.11. The Hall–Kier alpha value is -2.50. The molecule has 2 amide bonds. The fourth-order valence-corrected chi connectivity index (χ4v) is 3.93. The van der Waals surface area contributed by atoms with E-state index in [0.29, 0.717) is 32.3 Å². The molecule has 3 rings (SSSR count). The number of carbonyl (C=O) groups is 1. The number of hydrogen-bond donors (Lipinski definition) is 2. The predicted molar refractivity (Wildman–Crippen MR) is 107 cm³/mol. The molecule has 1 saturated carbocycles. The molecule has 2 aliphatic carbocycles. The number of urea groups is 1. The first-order valence-electron chi connectivity index (χ1n) is 10.5. The highest BCUT2D eigenvalue weighted by molar-refractivity contribution is 5.79. The van der Waals surface area contributed by atoms with E-state index in [-0.39, 0.29) is 30.0 Å². The van der Waals surface area contributed by atoms with Gasteiger partial charge in [-0.05, 0) is 32.6 Å². The van der Waals surface area contributed by atoms with Gasteiger partial charge in [0.05, 0.1) is 18.8 Å². The number of allylic oxidation sites excluding steroid dienone is 2. The number of nitrogens with zero attached hydrogens (tertiary/aromatic N) is 2. The van der Waals surface area contributed by atoms with Gasteiger partial charge in [-0.3, -0.25) is 0 Å². The van der Waals surface area contributed by atoms with Gasteiger partial charge in [-0.15, -0.1) is 0 Å². The highest BCUT2D eigenvalue weighted by Crippen LogP contribution is 2.37. The summed E-state index contributed by atoms with van der Waals surface area (Å²) in [5, 5.41) is 2.54. The summed E-state index contributed by atoms with van der Waals surface area (Å²) >= 11 is 0. The minimum Gasteiger partial charge on any atom is -0.489 e. The van der Waals surface area contributed by atoms with Crippen LogP contribution in [0.1, 0.15) is 32.6 Å². The largest absolute Gasteiger partial charge is 0.489 e. The maximum atomic E-state index is 14.8. The van der Waals surface area contributed by atoms with Gasteiger partial charge in [0, 0.05) is 13.1 Å². The van der Waals surface area contributed by atoms with Crippen molar-refractivity contribution >= 4 is 12.1 Å². The first-order chi connectivity index (χ1) is 15.2. The Kier molecular flexibility index (Phi) is 7.86. The molecule has 180 valence electrons. The SMILES string of the molecule is C[C@@H](COC1CCC(OC2=NC3=C(F)C=C(OCC(F)F)C(F)C3N2C)CC1)NC(N)=O. The normalized spacial score (nSPS) is 28.8. The predicted octanol–water partition coefficient (Wildman–Crippen LogP) is 2.76. The zero-order chi connectivity index (χ0) is 23.4. The van der Waals surface area contributed by atoms with Crippen molar-refractivity contribution in [2.75, 3.05) is 20.3 Å². The molecule has 3 aliphatic rings. The second-order valence-electron chi connectivity index (χ2n) is 8.09. The summed E-state index contributed by atoms with van der Waals surface area (Å²) < 4.78 is 70.5. The molecule has 8 nitrogen and oxygen atoms in total. The summed E-state index contributed by atoms with van der Waals surface area (Å²) in [6, 6.07) is -1.87. The van der Waals surface area contributed by atoms with Crippen LogP contribution in [0.2, 0.25) is 0 Å². The monoisotopic (exact) mass is 464 g/mol. The van der Waals surface area contributed by atoms with Gasteiger partial charge in [-0.2, -0.15) is 4.99 Å². The van der Waals surface area contributed by atoms with Crippen LogP contribution in [0.15, 0.2) is 28.4 Å². The number of amidine groups is 1. The van der Waals surface area contributed by atoms with Crippen LogP contribution in [0, 0.1) is 0 Å². The summed E-state index contributed by atoms with van der Waals surface area (Å²) in [7, 11) is 1.51. The van der Waals surface area contributed by atoms with Crippen LogP contribution in [0.25, 0.3) is 0 Å². The van der Waals surface area contributed by atoms with E-state index in [9.17, 15) is 22.4 Å². The van der Waals surface area contributed by atoms with Crippen molar-refractivity contribution < 1.29 is 36.6 Å². The van der Waals surface area contributed by atoms with E-state index >= 15 is 0 Å².